The van der Waals surface area contributed by atoms with Crippen LogP contribution in [-0.4, -0.2) is 80.8 Å². The van der Waals surface area contributed by atoms with E-state index in [0.29, 0.717) is 13.2 Å². The molecule has 0 bridgehead atoms. The number of anilines is 1. The van der Waals surface area contributed by atoms with E-state index in [1.54, 1.807) is 0 Å². The molecule has 0 aliphatic carbocycles. The molecule has 1 aromatic carbocycles. The standard InChI is InChI=1S/C17H27N3O3/c1-18(2)13-14-23-16-6-4-3-5-15(16)20-11-9-19(10-12-20)8-7-17(21)22/h3-6H,7-14H2,1-2H3,(H,21,22). The van der Waals surface area contributed by atoms with Crippen molar-refractivity contribution >= 4 is 11.7 Å². The Morgan fingerprint density at radius 2 is 1.91 bits per heavy atom. The van der Waals surface area contributed by atoms with Crippen LogP contribution in [0.15, 0.2) is 24.3 Å². The summed E-state index contributed by atoms with van der Waals surface area (Å²) in [7, 11) is 4.07. The lowest BCUT2D eigenvalue weighted by Gasteiger charge is -2.36. The van der Waals surface area contributed by atoms with Crippen molar-refractivity contribution in [1.29, 1.82) is 0 Å². The lowest BCUT2D eigenvalue weighted by atomic mass is 10.2. The molecule has 2 rings (SSSR count). The van der Waals surface area contributed by atoms with Gasteiger partial charge in [0, 0.05) is 39.3 Å². The maximum atomic E-state index is 10.7. The van der Waals surface area contributed by atoms with E-state index < -0.39 is 5.97 Å². The van der Waals surface area contributed by atoms with Gasteiger partial charge in [0.1, 0.15) is 12.4 Å². The smallest absolute Gasteiger partial charge is 0.304 e. The summed E-state index contributed by atoms with van der Waals surface area (Å²) in [5, 5.41) is 8.77. The second kappa shape index (κ2) is 8.74. The number of benzene rings is 1. The summed E-state index contributed by atoms with van der Waals surface area (Å²) in [6.45, 7) is 5.75. The first-order chi connectivity index (χ1) is 11.1. The topological polar surface area (TPSA) is 56.2 Å². The summed E-state index contributed by atoms with van der Waals surface area (Å²) in [6, 6.07) is 8.14. The minimum atomic E-state index is -0.730. The number of likely N-dealkylation sites (N-methyl/N-ethyl adjacent to an activating group) is 1. The number of hydrogen-bond acceptors (Lipinski definition) is 5. The fourth-order valence-electron chi connectivity index (χ4n) is 2.64. The summed E-state index contributed by atoms with van der Waals surface area (Å²) < 4.78 is 5.93. The van der Waals surface area contributed by atoms with Crippen molar-refractivity contribution in [1.82, 2.24) is 9.80 Å². The first-order valence-electron chi connectivity index (χ1n) is 8.12. The van der Waals surface area contributed by atoms with Gasteiger partial charge >= 0.3 is 5.97 Å². The number of nitrogens with zero attached hydrogens (tertiary/aromatic N) is 3. The van der Waals surface area contributed by atoms with Crippen molar-refractivity contribution in [3.8, 4) is 5.75 Å². The zero-order valence-electron chi connectivity index (χ0n) is 14.1. The number of hydrogen-bond donors (Lipinski definition) is 1. The molecular weight excluding hydrogens is 294 g/mol. The molecule has 0 saturated carbocycles. The van der Waals surface area contributed by atoms with Crippen molar-refractivity contribution in [2.24, 2.45) is 0 Å². The van der Waals surface area contributed by atoms with E-state index in [1.165, 1.54) is 0 Å². The van der Waals surface area contributed by atoms with Gasteiger partial charge in [-0.05, 0) is 26.2 Å². The Bertz CT molecular complexity index is 500. The van der Waals surface area contributed by atoms with Crippen LogP contribution in [0.25, 0.3) is 0 Å². The predicted molar refractivity (Wildman–Crippen MR) is 91.4 cm³/mol. The Balaban J connectivity index is 1.88. The largest absolute Gasteiger partial charge is 0.490 e. The molecule has 1 aliphatic heterocycles. The predicted octanol–water partition coefficient (Wildman–Crippen LogP) is 1.22. The third-order valence-corrected chi connectivity index (χ3v) is 4.02. The zero-order chi connectivity index (χ0) is 16.7. The van der Waals surface area contributed by atoms with Crippen LogP contribution in [0.4, 0.5) is 5.69 Å². The second-order valence-electron chi connectivity index (χ2n) is 6.09. The van der Waals surface area contributed by atoms with Crippen LogP contribution in [0.3, 0.4) is 0 Å². The van der Waals surface area contributed by atoms with Gasteiger partial charge in [0.15, 0.2) is 0 Å². The number of carboxylic acids is 1. The van der Waals surface area contributed by atoms with Crippen LogP contribution in [0.1, 0.15) is 6.42 Å². The van der Waals surface area contributed by atoms with Crippen LogP contribution in [0.5, 0.6) is 5.75 Å². The molecule has 23 heavy (non-hydrogen) atoms. The highest BCUT2D eigenvalue weighted by atomic mass is 16.5. The maximum absolute atomic E-state index is 10.7. The van der Waals surface area contributed by atoms with E-state index in [1.807, 2.05) is 32.3 Å². The number of rotatable bonds is 8. The van der Waals surface area contributed by atoms with Crippen molar-refractivity contribution in [2.75, 3.05) is 64.9 Å². The van der Waals surface area contributed by atoms with Gasteiger partial charge in [0.05, 0.1) is 12.1 Å². The number of para-hydroxylation sites is 2. The highest BCUT2D eigenvalue weighted by Crippen LogP contribution is 2.28. The highest BCUT2D eigenvalue weighted by Gasteiger charge is 2.19. The molecule has 6 heteroatoms. The van der Waals surface area contributed by atoms with E-state index >= 15 is 0 Å². The average Bonchev–Trinajstić information content (AvgIpc) is 2.53. The molecule has 1 aromatic rings. The number of piperazine rings is 1. The molecular formula is C17H27N3O3. The van der Waals surface area contributed by atoms with Crippen molar-refractivity contribution < 1.29 is 14.6 Å². The van der Waals surface area contributed by atoms with Crippen LogP contribution in [0, 0.1) is 0 Å². The van der Waals surface area contributed by atoms with E-state index in [0.717, 1.165) is 44.2 Å². The number of ether oxygens (including phenoxy) is 1. The third kappa shape index (κ3) is 5.73. The molecule has 0 unspecified atom stereocenters. The number of aliphatic carboxylic acids is 1. The monoisotopic (exact) mass is 321 g/mol. The molecule has 1 fully saturated rings. The van der Waals surface area contributed by atoms with Crippen molar-refractivity contribution in [2.45, 2.75) is 6.42 Å². The van der Waals surface area contributed by atoms with Crippen LogP contribution >= 0.6 is 0 Å². The van der Waals surface area contributed by atoms with Crippen LogP contribution < -0.4 is 9.64 Å². The Kier molecular flexibility index (Phi) is 6.67. The van der Waals surface area contributed by atoms with Gasteiger partial charge in [-0.25, -0.2) is 0 Å². The molecule has 0 amide bonds. The molecule has 0 aromatic heterocycles. The van der Waals surface area contributed by atoms with Gasteiger partial charge in [-0.15, -0.1) is 0 Å². The van der Waals surface area contributed by atoms with E-state index in [4.69, 9.17) is 9.84 Å². The molecule has 1 N–H and O–H groups in total. The molecule has 128 valence electrons. The minimum absolute atomic E-state index is 0.213. The van der Waals surface area contributed by atoms with Crippen LogP contribution in [0.2, 0.25) is 0 Å². The minimum Gasteiger partial charge on any atom is -0.490 e. The molecule has 0 spiro atoms. The lowest BCUT2D eigenvalue weighted by molar-refractivity contribution is -0.137. The Hall–Kier alpha value is -1.79. The molecule has 0 atom stereocenters. The summed E-state index contributed by atoms with van der Waals surface area (Å²) >= 11 is 0. The normalized spacial score (nSPS) is 15.9. The fraction of sp³-hybridized carbons (Fsp3) is 0.588. The molecule has 1 heterocycles. The maximum Gasteiger partial charge on any atom is 0.304 e. The van der Waals surface area contributed by atoms with Gasteiger partial charge in [-0.3, -0.25) is 9.69 Å². The number of carbonyl (C=O) groups is 1. The highest BCUT2D eigenvalue weighted by molar-refractivity contribution is 5.66. The molecule has 1 aliphatic rings. The zero-order valence-corrected chi connectivity index (χ0v) is 14.1. The van der Waals surface area contributed by atoms with Crippen molar-refractivity contribution in [3.05, 3.63) is 24.3 Å². The summed E-state index contributed by atoms with van der Waals surface area (Å²) in [6.07, 6.45) is 0.213. The lowest BCUT2D eigenvalue weighted by Crippen LogP contribution is -2.47. The van der Waals surface area contributed by atoms with Gasteiger partial charge in [-0.2, -0.15) is 0 Å². The SMILES string of the molecule is CN(C)CCOc1ccccc1N1CCN(CCC(=O)O)CC1. The van der Waals surface area contributed by atoms with E-state index in [-0.39, 0.29) is 6.42 Å². The van der Waals surface area contributed by atoms with Gasteiger partial charge in [0.2, 0.25) is 0 Å². The summed E-state index contributed by atoms with van der Waals surface area (Å²) in [5.74, 6) is 0.195. The molecule has 6 nitrogen and oxygen atoms in total. The quantitative estimate of drug-likeness (QED) is 0.777. The Morgan fingerprint density at radius 1 is 1.22 bits per heavy atom. The fourth-order valence-corrected chi connectivity index (χ4v) is 2.64. The van der Waals surface area contributed by atoms with E-state index in [2.05, 4.69) is 20.8 Å². The van der Waals surface area contributed by atoms with E-state index in [9.17, 15) is 4.79 Å². The van der Waals surface area contributed by atoms with Gasteiger partial charge < -0.3 is 19.6 Å². The molecule has 1 saturated heterocycles. The first kappa shape index (κ1) is 17.6. The van der Waals surface area contributed by atoms with Gasteiger partial charge in [-0.1, -0.05) is 12.1 Å². The third-order valence-electron chi connectivity index (χ3n) is 4.02. The first-order valence-corrected chi connectivity index (χ1v) is 8.12. The Labute approximate surface area is 138 Å². The van der Waals surface area contributed by atoms with Crippen LogP contribution in [-0.2, 0) is 4.79 Å². The summed E-state index contributed by atoms with van der Waals surface area (Å²) in [5.41, 5.74) is 1.13. The second-order valence-corrected chi connectivity index (χ2v) is 6.09. The average molecular weight is 321 g/mol. The van der Waals surface area contributed by atoms with Crippen molar-refractivity contribution in [3.63, 3.8) is 0 Å². The number of carboxylic acid groups (broad SMARTS) is 1. The molecule has 0 radical (unpaired) electrons. The summed E-state index contributed by atoms with van der Waals surface area (Å²) in [4.78, 5) is 17.3. The Morgan fingerprint density at radius 3 is 2.57 bits per heavy atom. The van der Waals surface area contributed by atoms with Gasteiger partial charge in [0.25, 0.3) is 0 Å².